The summed E-state index contributed by atoms with van der Waals surface area (Å²) >= 11 is 5.99. The molecule has 4 nitrogen and oxygen atoms in total. The highest BCUT2D eigenvalue weighted by molar-refractivity contribution is 7.89. The van der Waals surface area contributed by atoms with Crippen LogP contribution in [0.15, 0.2) is 23.4 Å². The van der Waals surface area contributed by atoms with Crippen LogP contribution in [0.4, 0.5) is 0 Å². The third-order valence-electron chi connectivity index (χ3n) is 4.80. The summed E-state index contributed by atoms with van der Waals surface area (Å²) in [4.78, 5) is 3.98. The maximum Gasteiger partial charge on any atom is 0.245 e. The molecule has 0 amide bonds. The molecule has 3 unspecified atom stereocenters. The Bertz CT molecular complexity index is 605. The summed E-state index contributed by atoms with van der Waals surface area (Å²) in [6.45, 7) is 0.592. The molecule has 110 valence electrons. The van der Waals surface area contributed by atoms with Gasteiger partial charge in [0.2, 0.25) is 10.0 Å². The average molecular weight is 315 g/mol. The van der Waals surface area contributed by atoms with E-state index in [1.165, 1.54) is 48.4 Å². The van der Waals surface area contributed by atoms with E-state index in [1.54, 1.807) is 7.05 Å². The van der Waals surface area contributed by atoms with E-state index in [1.807, 2.05) is 0 Å². The lowest BCUT2D eigenvalue weighted by molar-refractivity contribution is 0.280. The van der Waals surface area contributed by atoms with E-state index in [-0.39, 0.29) is 9.92 Å². The van der Waals surface area contributed by atoms with Crippen LogP contribution < -0.4 is 0 Å². The fourth-order valence-corrected chi connectivity index (χ4v) is 5.38. The summed E-state index contributed by atoms with van der Waals surface area (Å²) in [6, 6.07) is 1.51. The molecule has 1 aromatic heterocycles. The fraction of sp³-hybridized carbons (Fsp3) is 0.643. The molecule has 2 aliphatic carbocycles. The quantitative estimate of drug-likeness (QED) is 0.858. The first-order valence-corrected chi connectivity index (χ1v) is 8.86. The third-order valence-corrected chi connectivity index (χ3v) is 7.09. The molecule has 0 aliphatic heterocycles. The van der Waals surface area contributed by atoms with Crippen LogP contribution in [0.1, 0.15) is 25.7 Å². The van der Waals surface area contributed by atoms with Crippen molar-refractivity contribution in [2.75, 3.05) is 13.6 Å². The SMILES string of the molecule is CN(CC1CC2CCC1C2)S(=O)(=O)c1cnccc1Cl. The van der Waals surface area contributed by atoms with Crippen molar-refractivity contribution < 1.29 is 8.42 Å². The van der Waals surface area contributed by atoms with Crippen molar-refractivity contribution in [3.05, 3.63) is 23.5 Å². The number of nitrogens with zero attached hydrogens (tertiary/aromatic N) is 2. The Hall–Kier alpha value is -0.650. The molecule has 0 aromatic carbocycles. The molecule has 2 saturated carbocycles. The maximum absolute atomic E-state index is 12.5. The second-order valence-corrected chi connectivity index (χ2v) is 8.45. The Morgan fingerprint density at radius 1 is 1.40 bits per heavy atom. The molecule has 0 radical (unpaired) electrons. The zero-order valence-electron chi connectivity index (χ0n) is 11.5. The van der Waals surface area contributed by atoms with Crippen LogP contribution in [-0.2, 0) is 10.0 Å². The van der Waals surface area contributed by atoms with Crippen LogP contribution in [0, 0.1) is 17.8 Å². The van der Waals surface area contributed by atoms with Crippen LogP contribution >= 0.6 is 11.6 Å². The van der Waals surface area contributed by atoms with Crippen LogP contribution in [-0.4, -0.2) is 31.3 Å². The van der Waals surface area contributed by atoms with Gasteiger partial charge in [0, 0.05) is 26.0 Å². The van der Waals surface area contributed by atoms with Crippen LogP contribution in [0.5, 0.6) is 0 Å². The van der Waals surface area contributed by atoms with Crippen molar-refractivity contribution in [3.63, 3.8) is 0 Å². The van der Waals surface area contributed by atoms with Gasteiger partial charge in [0.25, 0.3) is 0 Å². The smallest absolute Gasteiger partial charge is 0.245 e. The number of fused-ring (bicyclic) bond motifs is 2. The van der Waals surface area contributed by atoms with Crippen molar-refractivity contribution in [1.82, 2.24) is 9.29 Å². The lowest BCUT2D eigenvalue weighted by atomic mass is 9.89. The second kappa shape index (κ2) is 5.28. The van der Waals surface area contributed by atoms with E-state index in [9.17, 15) is 8.42 Å². The largest absolute Gasteiger partial charge is 0.263 e. The summed E-state index contributed by atoms with van der Waals surface area (Å²) in [6.07, 6.45) is 7.87. The molecule has 3 rings (SSSR count). The Morgan fingerprint density at radius 3 is 2.80 bits per heavy atom. The molecule has 0 N–H and O–H groups in total. The second-order valence-electron chi connectivity index (χ2n) is 6.03. The topological polar surface area (TPSA) is 50.3 Å². The highest BCUT2D eigenvalue weighted by Crippen LogP contribution is 2.48. The van der Waals surface area contributed by atoms with Crippen LogP contribution in [0.3, 0.4) is 0 Å². The molecule has 1 heterocycles. The molecular formula is C14H19ClN2O2S. The van der Waals surface area contributed by atoms with Crippen LogP contribution in [0.25, 0.3) is 0 Å². The summed E-state index contributed by atoms with van der Waals surface area (Å²) in [7, 11) is -1.89. The molecule has 20 heavy (non-hydrogen) atoms. The lowest BCUT2D eigenvalue weighted by Crippen LogP contribution is -2.34. The fourth-order valence-electron chi connectivity index (χ4n) is 3.75. The van der Waals surface area contributed by atoms with Gasteiger partial charge in [-0.25, -0.2) is 12.7 Å². The van der Waals surface area contributed by atoms with Gasteiger partial charge in [-0.1, -0.05) is 18.0 Å². The van der Waals surface area contributed by atoms with E-state index in [4.69, 9.17) is 11.6 Å². The lowest BCUT2D eigenvalue weighted by Gasteiger charge is -2.26. The highest BCUT2D eigenvalue weighted by atomic mass is 35.5. The molecule has 2 bridgehead atoms. The highest BCUT2D eigenvalue weighted by Gasteiger charge is 2.41. The van der Waals surface area contributed by atoms with Gasteiger partial charge in [-0.15, -0.1) is 0 Å². The summed E-state index contributed by atoms with van der Waals surface area (Å²) in [5.74, 6) is 2.04. The predicted molar refractivity (Wildman–Crippen MR) is 78.0 cm³/mol. The minimum Gasteiger partial charge on any atom is -0.263 e. The normalized spacial score (nSPS) is 29.2. The van der Waals surface area contributed by atoms with Crippen molar-refractivity contribution in [2.24, 2.45) is 17.8 Å². The minimum atomic E-state index is -3.54. The van der Waals surface area contributed by atoms with E-state index >= 15 is 0 Å². The molecule has 3 atom stereocenters. The van der Waals surface area contributed by atoms with Crippen molar-refractivity contribution in [1.29, 1.82) is 0 Å². The Labute approximate surface area is 125 Å². The molecule has 0 saturated heterocycles. The number of halogens is 1. The van der Waals surface area contributed by atoms with Gasteiger partial charge in [-0.2, -0.15) is 0 Å². The molecule has 2 fully saturated rings. The number of sulfonamides is 1. The number of hydrogen-bond acceptors (Lipinski definition) is 3. The van der Waals surface area contributed by atoms with Crippen molar-refractivity contribution >= 4 is 21.6 Å². The zero-order valence-corrected chi connectivity index (χ0v) is 13.1. The molecule has 0 spiro atoms. The van der Waals surface area contributed by atoms with Gasteiger partial charge in [-0.3, -0.25) is 4.98 Å². The van der Waals surface area contributed by atoms with Gasteiger partial charge in [0.15, 0.2) is 0 Å². The monoisotopic (exact) mass is 314 g/mol. The van der Waals surface area contributed by atoms with Gasteiger partial charge in [0.05, 0.1) is 5.02 Å². The van der Waals surface area contributed by atoms with Gasteiger partial charge in [0.1, 0.15) is 4.90 Å². The summed E-state index contributed by atoms with van der Waals surface area (Å²) < 4.78 is 26.5. The van der Waals surface area contributed by atoms with Gasteiger partial charge in [-0.05, 0) is 43.1 Å². The first-order valence-electron chi connectivity index (χ1n) is 7.04. The Balaban J connectivity index is 1.76. The molecular weight excluding hydrogens is 296 g/mol. The third kappa shape index (κ3) is 2.47. The predicted octanol–water partition coefficient (Wildman–Crippen LogP) is 2.79. The molecule has 6 heteroatoms. The van der Waals surface area contributed by atoms with Crippen molar-refractivity contribution in [2.45, 2.75) is 30.6 Å². The van der Waals surface area contributed by atoms with E-state index in [0.717, 1.165) is 5.92 Å². The standard InChI is InChI=1S/C14H19ClN2O2S/c1-17(9-12-7-10-2-3-11(12)6-10)20(18,19)14-8-16-5-4-13(14)15/h4-5,8,10-12H,2-3,6-7,9H2,1H3. The number of pyridine rings is 1. The summed E-state index contributed by atoms with van der Waals surface area (Å²) in [5, 5.41) is 0.236. The molecule has 1 aromatic rings. The first-order chi connectivity index (χ1) is 9.48. The molecule has 2 aliphatic rings. The maximum atomic E-state index is 12.5. The number of rotatable bonds is 4. The van der Waals surface area contributed by atoms with Gasteiger partial charge < -0.3 is 0 Å². The van der Waals surface area contributed by atoms with Gasteiger partial charge >= 0.3 is 0 Å². The van der Waals surface area contributed by atoms with Crippen molar-refractivity contribution in [3.8, 4) is 0 Å². The Kier molecular flexibility index (Phi) is 3.77. The van der Waals surface area contributed by atoms with E-state index in [2.05, 4.69) is 4.98 Å². The number of aromatic nitrogens is 1. The number of hydrogen-bond donors (Lipinski definition) is 0. The average Bonchev–Trinajstić information content (AvgIpc) is 3.01. The van der Waals surface area contributed by atoms with E-state index in [0.29, 0.717) is 18.4 Å². The zero-order chi connectivity index (χ0) is 14.3. The minimum absolute atomic E-state index is 0.104. The first kappa shape index (κ1) is 14.3. The Morgan fingerprint density at radius 2 is 2.20 bits per heavy atom. The summed E-state index contributed by atoms with van der Waals surface area (Å²) in [5.41, 5.74) is 0. The van der Waals surface area contributed by atoms with E-state index < -0.39 is 10.0 Å². The van der Waals surface area contributed by atoms with Crippen LogP contribution in [0.2, 0.25) is 5.02 Å².